The van der Waals surface area contributed by atoms with Crippen LogP contribution in [0.5, 0.6) is 0 Å². The summed E-state index contributed by atoms with van der Waals surface area (Å²) in [4.78, 5) is 16.3. The van der Waals surface area contributed by atoms with Crippen molar-refractivity contribution in [3.8, 4) is 0 Å². The van der Waals surface area contributed by atoms with Gasteiger partial charge in [-0.15, -0.1) is 0 Å². The van der Waals surface area contributed by atoms with Gasteiger partial charge in [-0.1, -0.05) is 24.3 Å². The zero-order valence-electron chi connectivity index (χ0n) is 10.4. The lowest BCUT2D eigenvalue weighted by Crippen LogP contribution is -2.04. The molecule has 0 spiro atoms. The molecule has 0 saturated heterocycles. The summed E-state index contributed by atoms with van der Waals surface area (Å²) in [6, 6.07) is 11.2. The molecule has 0 aliphatic heterocycles. The normalized spacial score (nSPS) is 10.3. The zero-order valence-corrected chi connectivity index (χ0v) is 10.4. The van der Waals surface area contributed by atoms with Crippen LogP contribution in [0.2, 0.25) is 0 Å². The maximum Gasteiger partial charge on any atom is 0.194 e. The minimum Gasteiger partial charge on any atom is -0.330 e. The Hall–Kier alpha value is -2.00. The highest BCUT2D eigenvalue weighted by atomic mass is 16.1. The summed E-state index contributed by atoms with van der Waals surface area (Å²) in [6.45, 7) is 2.52. The maximum atomic E-state index is 12.2. The van der Waals surface area contributed by atoms with E-state index in [-0.39, 0.29) is 5.78 Å². The highest BCUT2D eigenvalue weighted by Gasteiger charge is 2.08. The highest BCUT2D eigenvalue weighted by Crippen LogP contribution is 2.11. The Bertz CT molecular complexity index is 529. The second kappa shape index (κ2) is 5.56. The lowest BCUT2D eigenvalue weighted by atomic mass is 10.0. The van der Waals surface area contributed by atoms with Crippen LogP contribution in [0.3, 0.4) is 0 Å². The molecule has 2 rings (SSSR count). The van der Waals surface area contributed by atoms with Crippen LogP contribution >= 0.6 is 0 Å². The first kappa shape index (κ1) is 12.5. The molecule has 18 heavy (non-hydrogen) atoms. The van der Waals surface area contributed by atoms with E-state index in [1.54, 1.807) is 12.3 Å². The van der Waals surface area contributed by atoms with E-state index in [1.807, 2.05) is 37.3 Å². The number of hydrogen-bond acceptors (Lipinski definition) is 3. The molecule has 1 aromatic heterocycles. The first-order chi connectivity index (χ1) is 8.70. The summed E-state index contributed by atoms with van der Waals surface area (Å²) in [7, 11) is 0. The molecule has 0 amide bonds. The van der Waals surface area contributed by atoms with E-state index in [4.69, 9.17) is 5.73 Å². The Balaban J connectivity index is 2.20. The zero-order chi connectivity index (χ0) is 13.0. The monoisotopic (exact) mass is 240 g/mol. The average Bonchev–Trinajstić information content (AvgIpc) is 2.40. The van der Waals surface area contributed by atoms with Crippen molar-refractivity contribution in [2.75, 3.05) is 6.54 Å². The summed E-state index contributed by atoms with van der Waals surface area (Å²) in [5.74, 6) is 0.00167. The van der Waals surface area contributed by atoms with Gasteiger partial charge in [0.2, 0.25) is 0 Å². The molecule has 2 N–H and O–H groups in total. The van der Waals surface area contributed by atoms with E-state index < -0.39 is 0 Å². The Labute approximate surface area is 107 Å². The number of carbonyl (C=O) groups is 1. The quantitative estimate of drug-likeness (QED) is 0.833. The molecular weight excluding hydrogens is 224 g/mol. The van der Waals surface area contributed by atoms with Crippen molar-refractivity contribution in [2.24, 2.45) is 5.73 Å². The number of aromatic nitrogens is 1. The molecule has 0 aliphatic carbocycles. The highest BCUT2D eigenvalue weighted by molar-refractivity contribution is 6.08. The van der Waals surface area contributed by atoms with Crippen molar-refractivity contribution in [3.63, 3.8) is 0 Å². The van der Waals surface area contributed by atoms with Crippen molar-refractivity contribution in [1.29, 1.82) is 0 Å². The number of benzene rings is 1. The van der Waals surface area contributed by atoms with Crippen LogP contribution in [0.25, 0.3) is 0 Å². The predicted molar refractivity (Wildman–Crippen MR) is 71.6 cm³/mol. The van der Waals surface area contributed by atoms with Crippen LogP contribution in [-0.4, -0.2) is 17.3 Å². The molecule has 3 heteroatoms. The second-order valence-electron chi connectivity index (χ2n) is 4.25. The smallest absolute Gasteiger partial charge is 0.194 e. The van der Waals surface area contributed by atoms with Crippen molar-refractivity contribution < 1.29 is 4.79 Å². The Morgan fingerprint density at radius 3 is 2.33 bits per heavy atom. The van der Waals surface area contributed by atoms with Gasteiger partial charge in [-0.3, -0.25) is 9.78 Å². The largest absolute Gasteiger partial charge is 0.330 e. The van der Waals surface area contributed by atoms with Gasteiger partial charge in [0.25, 0.3) is 0 Å². The molecule has 0 aliphatic rings. The maximum absolute atomic E-state index is 12.2. The molecular formula is C15H16N2O. The molecule has 0 bridgehead atoms. The van der Waals surface area contributed by atoms with Crippen molar-refractivity contribution >= 4 is 5.78 Å². The molecule has 0 unspecified atom stereocenters. The van der Waals surface area contributed by atoms with E-state index in [2.05, 4.69) is 4.98 Å². The number of pyridine rings is 1. The van der Waals surface area contributed by atoms with E-state index in [1.165, 1.54) is 0 Å². The molecule has 0 saturated carbocycles. The number of ketones is 1. The van der Waals surface area contributed by atoms with Gasteiger partial charge in [-0.25, -0.2) is 0 Å². The van der Waals surface area contributed by atoms with E-state index >= 15 is 0 Å². The van der Waals surface area contributed by atoms with E-state index in [9.17, 15) is 4.79 Å². The fraction of sp³-hybridized carbons (Fsp3) is 0.200. The molecule has 2 aromatic rings. The first-order valence-electron chi connectivity index (χ1n) is 5.97. The van der Waals surface area contributed by atoms with Crippen LogP contribution in [0.4, 0.5) is 0 Å². The number of nitrogens with zero attached hydrogens (tertiary/aromatic N) is 1. The van der Waals surface area contributed by atoms with E-state index in [0.29, 0.717) is 17.7 Å². The van der Waals surface area contributed by atoms with Crippen LogP contribution in [0, 0.1) is 6.92 Å². The van der Waals surface area contributed by atoms with Gasteiger partial charge >= 0.3 is 0 Å². The fourth-order valence-corrected chi connectivity index (χ4v) is 1.76. The predicted octanol–water partition coefficient (Wildman–Crippen LogP) is 2.12. The Morgan fingerprint density at radius 1 is 1.11 bits per heavy atom. The van der Waals surface area contributed by atoms with Gasteiger partial charge in [0, 0.05) is 23.0 Å². The van der Waals surface area contributed by atoms with Gasteiger partial charge in [0.15, 0.2) is 5.78 Å². The van der Waals surface area contributed by atoms with Crippen LogP contribution in [0.1, 0.15) is 27.2 Å². The third-order valence-corrected chi connectivity index (χ3v) is 2.82. The standard InChI is InChI=1S/C15H16N2O/c1-11-2-5-14(10-17-11)15(18)13-6-3-12(4-7-13)8-9-16/h2-7,10H,8-9,16H2,1H3. The number of aryl methyl sites for hydroxylation is 1. The van der Waals surface area contributed by atoms with Gasteiger partial charge < -0.3 is 5.73 Å². The van der Waals surface area contributed by atoms with Crippen LogP contribution < -0.4 is 5.73 Å². The number of nitrogens with two attached hydrogens (primary N) is 1. The second-order valence-corrected chi connectivity index (χ2v) is 4.25. The first-order valence-corrected chi connectivity index (χ1v) is 5.97. The van der Waals surface area contributed by atoms with Crippen molar-refractivity contribution in [3.05, 3.63) is 65.0 Å². The molecule has 1 aromatic carbocycles. The molecule has 92 valence electrons. The molecule has 0 atom stereocenters. The number of carbonyl (C=O) groups excluding carboxylic acids is 1. The van der Waals surface area contributed by atoms with Crippen LogP contribution in [0.15, 0.2) is 42.6 Å². The molecule has 0 fully saturated rings. The minimum atomic E-state index is 0.00167. The van der Waals surface area contributed by atoms with Crippen LogP contribution in [-0.2, 0) is 6.42 Å². The fourth-order valence-electron chi connectivity index (χ4n) is 1.76. The molecule has 1 heterocycles. The van der Waals surface area contributed by atoms with Crippen molar-refractivity contribution in [1.82, 2.24) is 4.98 Å². The molecule has 0 radical (unpaired) electrons. The summed E-state index contributed by atoms with van der Waals surface area (Å²) >= 11 is 0. The number of hydrogen-bond donors (Lipinski definition) is 1. The molecule has 3 nitrogen and oxygen atoms in total. The minimum absolute atomic E-state index is 0.00167. The lowest BCUT2D eigenvalue weighted by molar-refractivity contribution is 0.103. The van der Waals surface area contributed by atoms with Gasteiger partial charge in [0.1, 0.15) is 0 Å². The Kier molecular flexibility index (Phi) is 3.85. The van der Waals surface area contributed by atoms with E-state index in [0.717, 1.165) is 17.7 Å². The van der Waals surface area contributed by atoms with Gasteiger partial charge in [-0.05, 0) is 37.6 Å². The summed E-state index contributed by atoms with van der Waals surface area (Å²) in [6.07, 6.45) is 2.45. The summed E-state index contributed by atoms with van der Waals surface area (Å²) < 4.78 is 0. The summed E-state index contributed by atoms with van der Waals surface area (Å²) in [5.41, 5.74) is 8.84. The lowest BCUT2D eigenvalue weighted by Gasteiger charge is -2.03. The third-order valence-electron chi connectivity index (χ3n) is 2.82. The summed E-state index contributed by atoms with van der Waals surface area (Å²) in [5, 5.41) is 0. The number of rotatable bonds is 4. The third kappa shape index (κ3) is 2.81. The average molecular weight is 240 g/mol. The topological polar surface area (TPSA) is 56.0 Å². The van der Waals surface area contributed by atoms with Crippen molar-refractivity contribution in [2.45, 2.75) is 13.3 Å². The Morgan fingerprint density at radius 2 is 1.78 bits per heavy atom. The van der Waals surface area contributed by atoms with Gasteiger partial charge in [0.05, 0.1) is 0 Å². The SMILES string of the molecule is Cc1ccc(C(=O)c2ccc(CCN)cc2)cn1. The van der Waals surface area contributed by atoms with Gasteiger partial charge in [-0.2, -0.15) is 0 Å².